The Morgan fingerprint density at radius 1 is 1.10 bits per heavy atom. The fourth-order valence-corrected chi connectivity index (χ4v) is 6.67. The highest BCUT2D eigenvalue weighted by molar-refractivity contribution is 7.96. The summed E-state index contributed by atoms with van der Waals surface area (Å²) in [7, 11) is 0. The van der Waals surface area contributed by atoms with Crippen molar-refractivity contribution in [3.8, 4) is 0 Å². The Bertz CT molecular complexity index is 1260. The van der Waals surface area contributed by atoms with Crippen molar-refractivity contribution >= 4 is 29.5 Å². The van der Waals surface area contributed by atoms with Crippen LogP contribution in [0, 0.1) is 0 Å². The van der Waals surface area contributed by atoms with E-state index in [1.807, 2.05) is 53.0 Å². The van der Waals surface area contributed by atoms with Crippen LogP contribution in [-0.4, -0.2) is 64.4 Å². The number of carboxylic acids is 1. The summed E-state index contributed by atoms with van der Waals surface area (Å²) >= 11 is 8.01. The largest absolute Gasteiger partial charge is 0.480 e. The molecule has 0 bridgehead atoms. The summed E-state index contributed by atoms with van der Waals surface area (Å²) < 4.78 is 36.7. The summed E-state index contributed by atoms with van der Waals surface area (Å²) in [6, 6.07) is 24.9. The minimum Gasteiger partial charge on any atom is -0.480 e. The zero-order valence-corrected chi connectivity index (χ0v) is 25.8. The Morgan fingerprint density at radius 3 is 2.24 bits per heavy atom. The lowest BCUT2D eigenvalue weighted by Crippen LogP contribution is -2.37. The molecule has 0 aromatic heterocycles. The van der Waals surface area contributed by atoms with Crippen LogP contribution in [0.2, 0.25) is 5.02 Å². The summed E-state index contributed by atoms with van der Waals surface area (Å²) in [6.45, 7) is 5.04. The SMILES string of the molecule is CSN1C[C@@H](OCC[C@@H](C)N(Cc2cccc(C(C)(F)F)c2Cl)CC(c2ccccc2)c2ccccc2)C[C@H]1C(=O)O. The molecule has 1 fully saturated rings. The molecule has 0 radical (unpaired) electrons. The second-order valence-electron chi connectivity index (χ2n) is 11.0. The molecule has 9 heteroatoms. The van der Waals surface area contributed by atoms with E-state index in [1.165, 1.54) is 29.1 Å². The molecular formula is C33H39ClF2N2O3S. The van der Waals surface area contributed by atoms with Gasteiger partial charge in [0.2, 0.25) is 0 Å². The van der Waals surface area contributed by atoms with Gasteiger partial charge in [-0.15, -0.1) is 0 Å². The lowest BCUT2D eigenvalue weighted by atomic mass is 9.90. The van der Waals surface area contributed by atoms with Gasteiger partial charge in [-0.05, 0) is 36.3 Å². The van der Waals surface area contributed by atoms with Crippen molar-refractivity contribution in [1.29, 1.82) is 0 Å². The van der Waals surface area contributed by atoms with Crippen molar-refractivity contribution in [2.45, 2.75) is 63.3 Å². The predicted octanol–water partition coefficient (Wildman–Crippen LogP) is 7.69. The molecule has 3 aromatic carbocycles. The van der Waals surface area contributed by atoms with Crippen molar-refractivity contribution in [2.75, 3.05) is 26.0 Å². The molecule has 4 rings (SSSR count). The van der Waals surface area contributed by atoms with Crippen LogP contribution in [0.25, 0.3) is 0 Å². The summed E-state index contributed by atoms with van der Waals surface area (Å²) in [5.74, 6) is -3.83. The molecule has 1 N–H and O–H groups in total. The average Bonchev–Trinajstić information content (AvgIpc) is 3.40. The minimum absolute atomic E-state index is 0.0233. The van der Waals surface area contributed by atoms with Crippen LogP contribution in [0.15, 0.2) is 78.9 Å². The molecule has 1 aliphatic rings. The third kappa shape index (κ3) is 8.32. The van der Waals surface area contributed by atoms with Crippen molar-refractivity contribution in [1.82, 2.24) is 9.21 Å². The lowest BCUT2D eigenvalue weighted by molar-refractivity contribution is -0.140. The van der Waals surface area contributed by atoms with Crippen molar-refractivity contribution in [3.05, 3.63) is 106 Å². The molecule has 226 valence electrons. The third-order valence-electron chi connectivity index (χ3n) is 8.00. The number of carbonyl (C=O) groups is 1. The number of alkyl halides is 2. The first kappa shape index (κ1) is 32.4. The third-order valence-corrected chi connectivity index (χ3v) is 9.31. The van der Waals surface area contributed by atoms with Crippen molar-refractivity contribution in [3.63, 3.8) is 0 Å². The Balaban J connectivity index is 1.56. The molecule has 3 aromatic rings. The quantitative estimate of drug-likeness (QED) is 0.187. The van der Waals surface area contributed by atoms with Crippen LogP contribution in [0.3, 0.4) is 0 Å². The molecular weight excluding hydrogens is 578 g/mol. The molecule has 0 spiro atoms. The van der Waals surface area contributed by atoms with E-state index in [0.29, 0.717) is 44.6 Å². The maximum Gasteiger partial charge on any atom is 0.321 e. The van der Waals surface area contributed by atoms with E-state index >= 15 is 0 Å². The van der Waals surface area contributed by atoms with Crippen LogP contribution in [0.4, 0.5) is 8.78 Å². The van der Waals surface area contributed by atoms with Crippen molar-refractivity contribution < 1.29 is 23.4 Å². The van der Waals surface area contributed by atoms with Crippen LogP contribution < -0.4 is 0 Å². The highest BCUT2D eigenvalue weighted by Gasteiger charge is 2.37. The maximum absolute atomic E-state index is 14.3. The van der Waals surface area contributed by atoms with Gasteiger partial charge in [0.05, 0.1) is 11.1 Å². The van der Waals surface area contributed by atoms with Crippen LogP contribution in [0.5, 0.6) is 0 Å². The highest BCUT2D eigenvalue weighted by atomic mass is 35.5. The van der Waals surface area contributed by atoms with E-state index in [9.17, 15) is 18.7 Å². The summed E-state index contributed by atoms with van der Waals surface area (Å²) in [5.41, 5.74) is 2.81. The number of benzene rings is 3. The minimum atomic E-state index is -3.05. The van der Waals surface area contributed by atoms with Gasteiger partial charge < -0.3 is 9.84 Å². The van der Waals surface area contributed by atoms with Gasteiger partial charge in [0.15, 0.2) is 0 Å². The van der Waals surface area contributed by atoms with Gasteiger partial charge in [-0.3, -0.25) is 9.69 Å². The smallest absolute Gasteiger partial charge is 0.321 e. The Hall–Kier alpha value is -2.49. The predicted molar refractivity (Wildman–Crippen MR) is 166 cm³/mol. The number of hydrogen-bond donors (Lipinski definition) is 1. The van der Waals surface area contributed by atoms with E-state index in [2.05, 4.69) is 36.1 Å². The van der Waals surface area contributed by atoms with Gasteiger partial charge in [0, 0.05) is 57.1 Å². The number of aliphatic carboxylic acids is 1. The van der Waals surface area contributed by atoms with E-state index in [0.717, 1.165) is 6.92 Å². The number of rotatable bonds is 14. The number of nitrogens with zero attached hydrogens (tertiary/aromatic N) is 2. The number of ether oxygens (including phenoxy) is 1. The molecule has 3 atom stereocenters. The molecule has 1 saturated heterocycles. The fraction of sp³-hybridized carbons (Fsp3) is 0.424. The van der Waals surface area contributed by atoms with E-state index in [-0.39, 0.29) is 28.6 Å². The van der Waals surface area contributed by atoms with Crippen molar-refractivity contribution in [2.24, 2.45) is 0 Å². The molecule has 0 aliphatic carbocycles. The molecule has 0 amide bonds. The first-order chi connectivity index (χ1) is 20.1. The highest BCUT2D eigenvalue weighted by Crippen LogP contribution is 2.36. The Morgan fingerprint density at radius 2 is 1.71 bits per heavy atom. The van der Waals surface area contributed by atoms with Gasteiger partial charge in [0.1, 0.15) is 6.04 Å². The number of halogens is 3. The maximum atomic E-state index is 14.3. The molecule has 42 heavy (non-hydrogen) atoms. The van der Waals surface area contributed by atoms with E-state index in [4.69, 9.17) is 16.3 Å². The van der Waals surface area contributed by atoms with Gasteiger partial charge in [-0.25, -0.2) is 13.1 Å². The second-order valence-corrected chi connectivity index (χ2v) is 12.2. The van der Waals surface area contributed by atoms with Gasteiger partial charge >= 0.3 is 5.97 Å². The second kappa shape index (κ2) is 14.8. The zero-order chi connectivity index (χ0) is 30.3. The topological polar surface area (TPSA) is 53.0 Å². The normalized spacial score (nSPS) is 18.6. The average molecular weight is 617 g/mol. The van der Waals surface area contributed by atoms with E-state index in [1.54, 1.807) is 6.07 Å². The Labute approximate surface area is 256 Å². The van der Waals surface area contributed by atoms with Crippen LogP contribution in [0.1, 0.15) is 54.9 Å². The lowest BCUT2D eigenvalue weighted by Gasteiger charge is -2.34. The molecule has 0 unspecified atom stereocenters. The monoisotopic (exact) mass is 616 g/mol. The summed E-state index contributed by atoms with van der Waals surface area (Å²) in [5, 5.41) is 9.64. The first-order valence-electron chi connectivity index (χ1n) is 14.2. The molecule has 0 saturated carbocycles. The Kier molecular flexibility index (Phi) is 11.4. The van der Waals surface area contributed by atoms with Crippen LogP contribution in [-0.2, 0) is 22.0 Å². The van der Waals surface area contributed by atoms with Gasteiger partial charge in [-0.1, -0.05) is 102 Å². The molecule has 1 aliphatic heterocycles. The number of carboxylic acid groups (broad SMARTS) is 1. The standard InChI is InChI=1S/C33H39ClF2N2O3S/c1-23(17-18-41-27-19-30(32(39)40)38(21-27)42-3)37(20-26-15-10-16-29(31(26)34)33(2,35)36)22-28(24-11-6-4-7-12-24)25-13-8-5-9-14-25/h4-16,23,27-28,30H,17-22H2,1-3H3,(H,39,40)/t23-,27+,30+/m1/s1. The summed E-state index contributed by atoms with van der Waals surface area (Å²) in [4.78, 5) is 13.9. The first-order valence-corrected chi connectivity index (χ1v) is 15.8. The summed E-state index contributed by atoms with van der Waals surface area (Å²) in [6.07, 6.45) is 2.86. The molecule has 5 nitrogen and oxygen atoms in total. The molecule has 1 heterocycles. The van der Waals surface area contributed by atoms with Crippen LogP contribution >= 0.6 is 23.5 Å². The number of hydrogen-bond acceptors (Lipinski definition) is 5. The fourth-order valence-electron chi connectivity index (χ4n) is 5.57. The van der Waals surface area contributed by atoms with E-state index < -0.39 is 17.9 Å². The van der Waals surface area contributed by atoms with Gasteiger partial charge in [-0.2, -0.15) is 0 Å². The zero-order valence-electron chi connectivity index (χ0n) is 24.3. The van der Waals surface area contributed by atoms with Gasteiger partial charge in [0.25, 0.3) is 5.92 Å².